The molecule has 0 aliphatic carbocycles. The normalized spacial score (nSPS) is 1.25. The second-order valence-electron chi connectivity index (χ2n) is 0. The summed E-state index contributed by atoms with van der Waals surface area (Å²) < 4.78 is 7.11. The molecule has 0 spiro atoms. The maximum absolute atomic E-state index is 7.11. The van der Waals surface area contributed by atoms with Crippen LogP contribution in [0.3, 0.4) is 0 Å². The molecule has 1 radical (unpaired) electrons. The second-order valence-corrected chi connectivity index (χ2v) is 0. The molecule has 0 bridgehead atoms. The van der Waals surface area contributed by atoms with Crippen LogP contribution in [0.15, 0.2) is 0 Å². The van der Waals surface area contributed by atoms with Crippen LogP contribution < -0.4 is 0 Å². The van der Waals surface area contributed by atoms with Gasteiger partial charge in [-0.15, -0.1) is 0 Å². The fourth-order valence-electron chi connectivity index (χ4n) is 0. The van der Waals surface area contributed by atoms with Crippen LogP contribution in [0.1, 0.15) is 0 Å². The van der Waals surface area contributed by atoms with Gasteiger partial charge in [-0.1, -0.05) is 0 Å². The topological polar surface area (TPSA) is 51.7 Å². The molecule has 0 heterocycles. The van der Waals surface area contributed by atoms with Crippen LogP contribution in [0.2, 0.25) is 0 Å². The Hall–Kier alpha value is 1.40. The quantitative estimate of drug-likeness (QED) is 0.551. The monoisotopic (exact) mass is 309 g/mol. The van der Waals surface area contributed by atoms with Crippen molar-refractivity contribution < 1.29 is 52.9 Å². The zero-order chi connectivity index (χ0) is 2.00. The van der Waals surface area contributed by atoms with Crippen molar-refractivity contribution in [3.05, 3.63) is 0 Å². The van der Waals surface area contributed by atoms with E-state index in [4.69, 9.17) is 3.61 Å². The third-order valence-corrected chi connectivity index (χ3v) is 0. The predicted octanol–water partition coefficient (Wildman–Crippen LogP) is -1.39. The molecule has 0 aromatic rings. The van der Waals surface area contributed by atoms with Crippen LogP contribution in [-0.4, -0.2) is 9.09 Å². The summed E-state index contributed by atoms with van der Waals surface area (Å²) in [6.45, 7) is 0. The molecule has 0 amide bonds. The van der Waals surface area contributed by atoms with E-state index < -0.39 is 0 Å². The summed E-state index contributed by atoms with van der Waals surface area (Å²) in [6.07, 6.45) is 0. The molecule has 25 valence electrons. The molecule has 0 fully saturated rings. The zero-order valence-electron chi connectivity index (χ0n) is 1.84. The SMILES string of the molecule is O.[Nb].[OH][Ta]. The first-order chi connectivity index (χ1) is 1.00. The van der Waals surface area contributed by atoms with Gasteiger partial charge >= 0.3 is 25.1 Å². The van der Waals surface area contributed by atoms with Crippen LogP contribution >= 0.6 is 0 Å². The first-order valence-corrected chi connectivity index (χ1v) is 1.64. The molecule has 2 nitrogen and oxygen atoms in total. The molecule has 0 saturated heterocycles. The summed E-state index contributed by atoms with van der Waals surface area (Å²) in [5, 5.41) is 0. The summed E-state index contributed by atoms with van der Waals surface area (Å²) in [5.41, 5.74) is 0. The van der Waals surface area contributed by atoms with Gasteiger partial charge in [0, 0.05) is 22.4 Å². The van der Waals surface area contributed by atoms with E-state index in [1.807, 2.05) is 0 Å². The molecular formula is H3NbO2Ta. The molecule has 0 saturated carbocycles. The Morgan fingerprint density at radius 1 is 1.25 bits per heavy atom. The van der Waals surface area contributed by atoms with Gasteiger partial charge in [0.15, 0.2) is 0 Å². The fourth-order valence-corrected chi connectivity index (χ4v) is 0. The van der Waals surface area contributed by atoms with Gasteiger partial charge in [0.05, 0.1) is 0 Å². The van der Waals surface area contributed by atoms with Gasteiger partial charge < -0.3 is 5.48 Å². The molecule has 0 rings (SSSR count). The minimum atomic E-state index is 0. The molecule has 0 unspecified atom stereocenters. The Kier molecular flexibility index (Phi) is 118. The predicted molar refractivity (Wildman–Crippen MR) is 5.83 cm³/mol. The van der Waals surface area contributed by atoms with Gasteiger partial charge in [-0.25, -0.2) is 0 Å². The zero-order valence-corrected chi connectivity index (χ0v) is 7.25. The van der Waals surface area contributed by atoms with E-state index in [-0.39, 0.29) is 27.9 Å². The van der Waals surface area contributed by atoms with Crippen molar-refractivity contribution >= 4 is 0 Å². The van der Waals surface area contributed by atoms with Gasteiger partial charge in [0.1, 0.15) is 0 Å². The van der Waals surface area contributed by atoms with E-state index in [2.05, 4.69) is 0 Å². The van der Waals surface area contributed by atoms with Crippen molar-refractivity contribution in [2.75, 3.05) is 0 Å². The minimum absolute atomic E-state index is 0. The fraction of sp³-hybridized carbons (Fsp3) is 0. The van der Waals surface area contributed by atoms with E-state index in [9.17, 15) is 0 Å². The van der Waals surface area contributed by atoms with Crippen molar-refractivity contribution in [2.24, 2.45) is 0 Å². The van der Waals surface area contributed by atoms with Crippen LogP contribution in [0.5, 0.6) is 0 Å². The van der Waals surface area contributed by atoms with Gasteiger partial charge in [-0.3, -0.25) is 0 Å². The average molecular weight is 309 g/mol. The standard InChI is InChI=1S/Nb.2H2O.Ta/h;2*1H2;/q;;;+1/p-1. The summed E-state index contributed by atoms with van der Waals surface area (Å²) in [6, 6.07) is 0. The Morgan fingerprint density at radius 3 is 1.25 bits per heavy atom. The first kappa shape index (κ1) is 18.1. The molecule has 0 aromatic heterocycles. The van der Waals surface area contributed by atoms with E-state index in [1.54, 1.807) is 0 Å². The first-order valence-electron chi connectivity index (χ1n) is 0.200. The molecule has 3 N–H and O–H groups in total. The molecule has 0 aromatic carbocycles. The van der Waals surface area contributed by atoms with Crippen molar-refractivity contribution in [3.63, 3.8) is 0 Å². The van der Waals surface area contributed by atoms with Gasteiger partial charge in [0.2, 0.25) is 0 Å². The van der Waals surface area contributed by atoms with Crippen molar-refractivity contribution in [1.29, 1.82) is 0 Å². The van der Waals surface area contributed by atoms with Crippen LogP contribution in [0.4, 0.5) is 0 Å². The van der Waals surface area contributed by atoms with E-state index >= 15 is 0 Å². The van der Waals surface area contributed by atoms with Crippen LogP contribution in [-0.2, 0) is 43.8 Å². The summed E-state index contributed by atoms with van der Waals surface area (Å²) in [7, 11) is 0. The number of hydrogen-bond donors (Lipinski definition) is 1. The Balaban J connectivity index is -0.00000000500. The summed E-state index contributed by atoms with van der Waals surface area (Å²) >= 11 is 0.444. The maximum atomic E-state index is 7.11. The molecule has 0 aliphatic rings. The van der Waals surface area contributed by atoms with Gasteiger partial charge in [0.25, 0.3) is 0 Å². The Labute approximate surface area is 52.8 Å². The van der Waals surface area contributed by atoms with E-state index in [0.29, 0.717) is 21.5 Å². The molecule has 4 heteroatoms. The van der Waals surface area contributed by atoms with Crippen molar-refractivity contribution in [3.8, 4) is 0 Å². The van der Waals surface area contributed by atoms with Crippen LogP contribution in [0, 0.1) is 0 Å². The average Bonchev–Trinajstić information content (AvgIpc) is 1.00. The molecular weight excluding hydrogens is 306 g/mol. The third kappa shape index (κ3) is 9.99. The van der Waals surface area contributed by atoms with Gasteiger partial charge in [-0.2, -0.15) is 0 Å². The molecule has 0 aliphatic heterocycles. The Morgan fingerprint density at radius 2 is 1.25 bits per heavy atom. The molecule has 0 atom stereocenters. The van der Waals surface area contributed by atoms with Crippen molar-refractivity contribution in [2.45, 2.75) is 0 Å². The van der Waals surface area contributed by atoms with E-state index in [1.165, 1.54) is 0 Å². The van der Waals surface area contributed by atoms with Crippen LogP contribution in [0.25, 0.3) is 0 Å². The number of rotatable bonds is 0. The summed E-state index contributed by atoms with van der Waals surface area (Å²) in [5.74, 6) is 0. The summed E-state index contributed by atoms with van der Waals surface area (Å²) in [4.78, 5) is 0. The van der Waals surface area contributed by atoms with E-state index in [0.717, 1.165) is 0 Å². The Bertz CT molecular complexity index is 6.00. The van der Waals surface area contributed by atoms with Gasteiger partial charge in [-0.05, 0) is 0 Å². The second kappa shape index (κ2) is 25.9. The third-order valence-electron chi connectivity index (χ3n) is 0. The molecule has 4 heavy (non-hydrogen) atoms. The van der Waals surface area contributed by atoms with Crippen molar-refractivity contribution in [1.82, 2.24) is 0 Å². The number of hydrogen-bond acceptors (Lipinski definition) is 1.